The summed E-state index contributed by atoms with van der Waals surface area (Å²) in [6.45, 7) is 1.93. The van der Waals surface area contributed by atoms with E-state index in [0.29, 0.717) is 28.4 Å². The molecule has 2 aromatic carbocycles. The van der Waals surface area contributed by atoms with E-state index >= 15 is 0 Å². The highest BCUT2D eigenvalue weighted by Crippen LogP contribution is 2.42. The van der Waals surface area contributed by atoms with Crippen LogP contribution in [0, 0.1) is 12.7 Å². The van der Waals surface area contributed by atoms with Crippen LogP contribution in [0.1, 0.15) is 5.56 Å². The molecule has 8 nitrogen and oxygen atoms in total. The van der Waals surface area contributed by atoms with Crippen molar-refractivity contribution in [1.82, 2.24) is 15.2 Å². The highest BCUT2D eigenvalue weighted by Gasteiger charge is 2.38. The van der Waals surface area contributed by atoms with Crippen molar-refractivity contribution in [2.75, 3.05) is 14.2 Å². The summed E-state index contributed by atoms with van der Waals surface area (Å²) in [7, 11) is 3.15. The fourth-order valence-electron chi connectivity index (χ4n) is 3.30. The molecule has 2 heterocycles. The van der Waals surface area contributed by atoms with Gasteiger partial charge in [0.15, 0.2) is 28.7 Å². The number of benzene rings is 2. The molecule has 4 rings (SSSR count). The number of phenols is 1. The van der Waals surface area contributed by atoms with Gasteiger partial charge >= 0.3 is 12.1 Å². The quantitative estimate of drug-likeness (QED) is 0.378. The number of nitrogens with one attached hydrogen (secondary N) is 1. The van der Waals surface area contributed by atoms with Gasteiger partial charge in [0.25, 0.3) is 0 Å². The van der Waals surface area contributed by atoms with Gasteiger partial charge in [0.1, 0.15) is 0 Å². The molecule has 0 atom stereocenters. The van der Waals surface area contributed by atoms with Gasteiger partial charge in [-0.15, -0.1) is 0 Å². The number of ether oxygens (including phenoxy) is 2. The van der Waals surface area contributed by atoms with Gasteiger partial charge in [-0.1, -0.05) is 0 Å². The van der Waals surface area contributed by atoms with Crippen LogP contribution in [0.2, 0.25) is 0 Å². The molecule has 0 radical (unpaired) electrons. The average Bonchev–Trinajstić information content (AvgIpc) is 3.22. The summed E-state index contributed by atoms with van der Waals surface area (Å²) in [5, 5.41) is 26.1. The Kier molecular flexibility index (Phi) is 6.29. The fraction of sp³-hybridized carbons (Fsp3) is 0.190. The third-order valence-corrected chi connectivity index (χ3v) is 4.74. The summed E-state index contributed by atoms with van der Waals surface area (Å²) in [5.74, 6) is -2.69. The van der Waals surface area contributed by atoms with E-state index < -0.39 is 23.7 Å². The van der Waals surface area contributed by atoms with Crippen LogP contribution >= 0.6 is 0 Å². The highest BCUT2D eigenvalue weighted by atomic mass is 19.4. The lowest BCUT2D eigenvalue weighted by molar-refractivity contribution is -0.192. The number of rotatable bonds is 3. The molecule has 0 spiro atoms. The van der Waals surface area contributed by atoms with Crippen LogP contribution in [0.25, 0.3) is 33.1 Å². The standard InChI is InChI=1S/C19H16FN3O3.C2HF3O2/c1-9-16-11(7-15(25-2)18(9)26-3)17(22-19-12(16)8-21-23-19)10-4-5-14(24)13(20)6-10;3-2(4,5)1(6)7/h4-8,24H,1-3H3,(H,21,22,23);(H,6,7). The molecule has 0 saturated carbocycles. The monoisotopic (exact) mass is 467 g/mol. The number of hydrogen-bond acceptors (Lipinski definition) is 6. The average molecular weight is 467 g/mol. The van der Waals surface area contributed by atoms with Crippen LogP contribution in [-0.4, -0.2) is 51.8 Å². The zero-order valence-corrected chi connectivity index (χ0v) is 17.4. The second-order valence-electron chi connectivity index (χ2n) is 6.72. The number of methoxy groups -OCH3 is 2. The summed E-state index contributed by atoms with van der Waals surface area (Å²) < 4.78 is 56.6. The maximum atomic E-state index is 13.9. The number of hydrogen-bond donors (Lipinski definition) is 3. The van der Waals surface area contributed by atoms with Crippen molar-refractivity contribution in [3.63, 3.8) is 0 Å². The molecule has 174 valence electrons. The van der Waals surface area contributed by atoms with E-state index in [1.165, 1.54) is 12.1 Å². The molecule has 0 bridgehead atoms. The molecular formula is C21H17F4N3O5. The van der Waals surface area contributed by atoms with E-state index in [1.54, 1.807) is 26.5 Å². The Morgan fingerprint density at radius 1 is 1.12 bits per heavy atom. The number of aromatic nitrogens is 3. The van der Waals surface area contributed by atoms with Gasteiger partial charge in [0, 0.05) is 27.3 Å². The number of halogens is 4. The number of alkyl halides is 3. The van der Waals surface area contributed by atoms with E-state index in [9.17, 15) is 22.7 Å². The number of pyridine rings is 1. The Morgan fingerprint density at radius 3 is 2.33 bits per heavy atom. The number of aromatic hydroxyl groups is 1. The molecule has 0 amide bonds. The number of aryl methyl sites for hydroxylation is 1. The summed E-state index contributed by atoms with van der Waals surface area (Å²) in [5.41, 5.74) is 2.54. The van der Waals surface area contributed by atoms with Crippen LogP contribution in [0.3, 0.4) is 0 Å². The van der Waals surface area contributed by atoms with Gasteiger partial charge in [-0.2, -0.15) is 18.3 Å². The highest BCUT2D eigenvalue weighted by molar-refractivity contribution is 6.12. The van der Waals surface area contributed by atoms with Crippen molar-refractivity contribution in [2.45, 2.75) is 13.1 Å². The molecule has 0 unspecified atom stereocenters. The van der Waals surface area contributed by atoms with Gasteiger partial charge in [-0.3, -0.25) is 5.10 Å². The Balaban J connectivity index is 0.000000383. The first kappa shape index (κ1) is 23.6. The topological polar surface area (TPSA) is 118 Å². The molecule has 12 heteroatoms. The summed E-state index contributed by atoms with van der Waals surface area (Å²) in [6.07, 6.45) is -3.38. The van der Waals surface area contributed by atoms with Crippen LogP contribution < -0.4 is 9.47 Å². The van der Waals surface area contributed by atoms with Crippen LogP contribution in [-0.2, 0) is 4.79 Å². The van der Waals surface area contributed by atoms with Gasteiger partial charge in [-0.05, 0) is 31.2 Å². The maximum absolute atomic E-state index is 13.9. The van der Waals surface area contributed by atoms with Crippen LogP contribution in [0.5, 0.6) is 17.2 Å². The Labute approximate surface area is 183 Å². The molecular weight excluding hydrogens is 450 g/mol. The Hall–Kier alpha value is -4.09. The number of aromatic amines is 1. The largest absolute Gasteiger partial charge is 0.505 e. The zero-order chi connectivity index (χ0) is 24.5. The molecule has 0 aliphatic carbocycles. The zero-order valence-electron chi connectivity index (χ0n) is 17.4. The molecule has 2 aromatic heterocycles. The van der Waals surface area contributed by atoms with Crippen molar-refractivity contribution >= 4 is 27.8 Å². The summed E-state index contributed by atoms with van der Waals surface area (Å²) >= 11 is 0. The van der Waals surface area contributed by atoms with E-state index in [2.05, 4.69) is 15.2 Å². The van der Waals surface area contributed by atoms with E-state index in [1.807, 2.05) is 13.0 Å². The van der Waals surface area contributed by atoms with Crippen molar-refractivity contribution in [3.05, 3.63) is 41.8 Å². The summed E-state index contributed by atoms with van der Waals surface area (Å²) in [6, 6.07) is 6.00. The van der Waals surface area contributed by atoms with E-state index in [4.69, 9.17) is 19.4 Å². The Bertz CT molecular complexity index is 1350. The van der Waals surface area contributed by atoms with Crippen LogP contribution in [0.15, 0.2) is 30.5 Å². The third-order valence-electron chi connectivity index (χ3n) is 4.74. The van der Waals surface area contributed by atoms with Gasteiger partial charge in [-0.25, -0.2) is 14.2 Å². The van der Waals surface area contributed by atoms with Gasteiger partial charge < -0.3 is 19.7 Å². The molecule has 0 aliphatic heterocycles. The molecule has 0 fully saturated rings. The lowest BCUT2D eigenvalue weighted by Crippen LogP contribution is -2.21. The maximum Gasteiger partial charge on any atom is 0.490 e. The molecule has 0 aliphatic rings. The number of H-pyrrole nitrogens is 1. The van der Waals surface area contributed by atoms with E-state index in [0.717, 1.165) is 21.7 Å². The number of nitrogens with zero attached hydrogens (tertiary/aromatic N) is 2. The van der Waals surface area contributed by atoms with Gasteiger partial charge in [0.2, 0.25) is 0 Å². The minimum atomic E-state index is -5.08. The normalized spacial score (nSPS) is 11.2. The number of phenolic OH excluding ortho intramolecular Hbond substituents is 1. The number of carboxylic acids is 1. The molecule has 3 N–H and O–H groups in total. The predicted octanol–water partition coefficient (Wildman–Crippen LogP) is 4.58. The second-order valence-corrected chi connectivity index (χ2v) is 6.72. The molecule has 0 saturated heterocycles. The number of carbonyl (C=O) groups is 1. The van der Waals surface area contributed by atoms with Crippen molar-refractivity contribution in [1.29, 1.82) is 0 Å². The summed E-state index contributed by atoms with van der Waals surface area (Å²) in [4.78, 5) is 13.5. The van der Waals surface area contributed by atoms with Crippen LogP contribution in [0.4, 0.5) is 17.6 Å². The number of fused-ring (bicyclic) bond motifs is 3. The van der Waals surface area contributed by atoms with Gasteiger partial charge in [0.05, 0.1) is 26.1 Å². The smallest absolute Gasteiger partial charge is 0.490 e. The fourth-order valence-corrected chi connectivity index (χ4v) is 3.30. The molecule has 4 aromatic rings. The lowest BCUT2D eigenvalue weighted by atomic mass is 9.97. The number of aliphatic carboxylic acids is 1. The minimum Gasteiger partial charge on any atom is -0.505 e. The number of carboxylic acid groups (broad SMARTS) is 1. The SMILES string of the molecule is COc1cc2c(-c3ccc(O)c(F)c3)nc3[nH]ncc3c2c(C)c1OC.O=C(O)C(F)(F)F. The predicted molar refractivity (Wildman–Crippen MR) is 110 cm³/mol. The third kappa shape index (κ3) is 4.45. The second kappa shape index (κ2) is 8.81. The van der Waals surface area contributed by atoms with Crippen molar-refractivity contribution in [3.8, 4) is 28.5 Å². The molecule has 33 heavy (non-hydrogen) atoms. The van der Waals surface area contributed by atoms with Crippen molar-refractivity contribution < 1.29 is 42.0 Å². The first-order valence-electron chi connectivity index (χ1n) is 9.17. The van der Waals surface area contributed by atoms with Crippen molar-refractivity contribution in [2.24, 2.45) is 0 Å². The first-order valence-corrected chi connectivity index (χ1v) is 9.17. The lowest BCUT2D eigenvalue weighted by Gasteiger charge is -2.16. The Morgan fingerprint density at radius 2 is 1.79 bits per heavy atom. The first-order chi connectivity index (χ1) is 15.5. The minimum absolute atomic E-state index is 0.406. The van der Waals surface area contributed by atoms with E-state index in [-0.39, 0.29) is 0 Å².